The number of ketones is 1. The monoisotopic (exact) mass is 537 g/mol. The Labute approximate surface area is 233 Å². The van der Waals surface area contributed by atoms with Gasteiger partial charge >= 0.3 is 5.97 Å². The first-order chi connectivity index (χ1) is 19.5. The van der Waals surface area contributed by atoms with Crippen LogP contribution in [0, 0.1) is 0 Å². The molecule has 4 aromatic carbocycles. The molecule has 0 aliphatic carbocycles. The first-order valence-corrected chi connectivity index (χ1v) is 13.1. The van der Waals surface area contributed by atoms with E-state index in [4.69, 9.17) is 9.47 Å². The van der Waals surface area contributed by atoms with Gasteiger partial charge in [-0.3, -0.25) is 14.4 Å². The number of esters is 1. The number of benzene rings is 4. The number of fused-ring (bicyclic) bond motifs is 1. The smallest absolute Gasteiger partial charge is 0.338 e. The summed E-state index contributed by atoms with van der Waals surface area (Å²) < 4.78 is 10.0. The van der Waals surface area contributed by atoms with Gasteiger partial charge in [0.15, 0.2) is 5.78 Å². The Bertz CT molecular complexity index is 1500. The van der Waals surface area contributed by atoms with Crippen molar-refractivity contribution in [3.63, 3.8) is 0 Å². The van der Waals surface area contributed by atoms with Crippen LogP contribution in [0.3, 0.4) is 0 Å². The van der Waals surface area contributed by atoms with E-state index < -0.39 is 5.97 Å². The quantitative estimate of drug-likeness (QED) is 0.138. The van der Waals surface area contributed by atoms with Gasteiger partial charge in [0.2, 0.25) is 0 Å². The number of hydrogen-bond donors (Lipinski definition) is 1. The molecule has 1 amide bonds. The van der Waals surface area contributed by atoms with Crippen LogP contribution in [0.1, 0.15) is 60.6 Å². The molecular formula is C33H31NO6. The van der Waals surface area contributed by atoms with Crippen LogP contribution in [0.25, 0.3) is 10.8 Å². The van der Waals surface area contributed by atoms with Crippen LogP contribution >= 0.6 is 0 Å². The highest BCUT2D eigenvalue weighted by atomic mass is 16.5. The summed E-state index contributed by atoms with van der Waals surface area (Å²) in [6, 6.07) is 26.0. The van der Waals surface area contributed by atoms with E-state index in [-0.39, 0.29) is 35.8 Å². The van der Waals surface area contributed by atoms with Gasteiger partial charge in [0, 0.05) is 34.9 Å². The molecule has 0 radical (unpaired) electrons. The minimum atomic E-state index is -0.632. The maximum Gasteiger partial charge on any atom is 0.338 e. The highest BCUT2D eigenvalue weighted by Crippen LogP contribution is 2.32. The summed E-state index contributed by atoms with van der Waals surface area (Å²) in [7, 11) is 1.26. The molecule has 0 aliphatic heterocycles. The number of aryl methyl sites for hydroxylation is 1. The molecule has 0 bridgehead atoms. The van der Waals surface area contributed by atoms with Gasteiger partial charge in [-0.25, -0.2) is 4.79 Å². The summed E-state index contributed by atoms with van der Waals surface area (Å²) in [5.41, 5.74) is 3.47. The molecule has 0 saturated heterocycles. The summed E-state index contributed by atoms with van der Waals surface area (Å²) in [5.74, 6) is -1.15. The number of hydrogen-bond acceptors (Lipinski definition) is 6. The molecule has 0 aromatic heterocycles. The van der Waals surface area contributed by atoms with E-state index in [2.05, 4.69) is 5.32 Å². The maximum atomic E-state index is 13.5. The Balaban J connectivity index is 1.71. The van der Waals surface area contributed by atoms with Crippen molar-refractivity contribution >= 4 is 34.9 Å². The fourth-order valence-electron chi connectivity index (χ4n) is 4.80. The molecule has 7 heteroatoms. The number of amides is 1. The standard InChI is InChI=1S/C33H31NO6/c1-39-33(38)28-18-17-27(32(37)34-20-19-24-11-6-3-7-12-24)30-25(21-40-22-35)15-16-26(31(28)30)29(36)14-8-13-23-9-4-2-5-10-23/h2-7,9-12,15-18,22H,8,13-14,19-21H2,1H3,(H,34,37). The van der Waals surface area contributed by atoms with E-state index in [0.29, 0.717) is 47.8 Å². The van der Waals surface area contributed by atoms with Gasteiger partial charge in [0.05, 0.1) is 12.7 Å². The predicted molar refractivity (Wildman–Crippen MR) is 152 cm³/mol. The lowest BCUT2D eigenvalue weighted by Crippen LogP contribution is -2.26. The first kappa shape index (κ1) is 28.2. The number of nitrogens with one attached hydrogen (secondary N) is 1. The lowest BCUT2D eigenvalue weighted by molar-refractivity contribution is -0.129. The van der Waals surface area contributed by atoms with Gasteiger partial charge in [-0.15, -0.1) is 0 Å². The third kappa shape index (κ3) is 6.80. The number of ether oxygens (including phenoxy) is 2. The van der Waals surface area contributed by atoms with Gasteiger partial charge in [-0.1, -0.05) is 72.8 Å². The minimum absolute atomic E-state index is 0.128. The third-order valence-corrected chi connectivity index (χ3v) is 6.76. The Kier molecular flexibility index (Phi) is 9.77. The number of carbonyl (C=O) groups is 4. The third-order valence-electron chi connectivity index (χ3n) is 6.76. The van der Waals surface area contributed by atoms with Crippen molar-refractivity contribution in [2.45, 2.75) is 32.3 Å². The lowest BCUT2D eigenvalue weighted by atomic mass is 9.89. The molecule has 204 valence electrons. The fraction of sp³-hybridized carbons (Fsp3) is 0.212. The molecule has 40 heavy (non-hydrogen) atoms. The van der Waals surface area contributed by atoms with Crippen LogP contribution < -0.4 is 5.32 Å². The minimum Gasteiger partial charge on any atom is -0.465 e. The summed E-state index contributed by atoms with van der Waals surface area (Å²) in [4.78, 5) is 50.7. The second-order valence-corrected chi connectivity index (χ2v) is 9.34. The van der Waals surface area contributed by atoms with Gasteiger partial charge in [0.25, 0.3) is 12.4 Å². The number of rotatable bonds is 13. The second kappa shape index (κ2) is 13.8. The van der Waals surface area contributed by atoms with E-state index in [1.807, 2.05) is 60.7 Å². The Morgan fingerprint density at radius 1 is 0.750 bits per heavy atom. The van der Waals surface area contributed by atoms with Gasteiger partial charge < -0.3 is 14.8 Å². The summed E-state index contributed by atoms with van der Waals surface area (Å²) >= 11 is 0. The molecule has 0 unspecified atom stereocenters. The summed E-state index contributed by atoms with van der Waals surface area (Å²) in [6.07, 6.45) is 2.24. The number of Topliss-reactive ketones (excluding diaryl/α,β-unsaturated/α-hetero) is 1. The van der Waals surface area contributed by atoms with E-state index in [0.717, 1.165) is 17.5 Å². The van der Waals surface area contributed by atoms with Crippen LogP contribution in [-0.4, -0.2) is 37.8 Å². The maximum absolute atomic E-state index is 13.5. The molecule has 0 heterocycles. The van der Waals surface area contributed by atoms with Crippen LogP contribution in [0.2, 0.25) is 0 Å². The van der Waals surface area contributed by atoms with E-state index in [1.54, 1.807) is 18.2 Å². The molecule has 0 atom stereocenters. The van der Waals surface area contributed by atoms with Crippen LogP contribution in [0.4, 0.5) is 0 Å². The van der Waals surface area contributed by atoms with Crippen molar-refractivity contribution in [1.82, 2.24) is 5.32 Å². The molecular weight excluding hydrogens is 506 g/mol. The average molecular weight is 538 g/mol. The van der Waals surface area contributed by atoms with E-state index in [9.17, 15) is 19.2 Å². The predicted octanol–water partition coefficient (Wildman–Crippen LogP) is 5.48. The zero-order chi connectivity index (χ0) is 28.3. The van der Waals surface area contributed by atoms with Crippen molar-refractivity contribution in [3.05, 3.63) is 118 Å². The van der Waals surface area contributed by atoms with Gasteiger partial charge in [-0.05, 0) is 48.1 Å². The molecule has 0 spiro atoms. The Hall–Kier alpha value is -4.78. The normalized spacial score (nSPS) is 10.6. The fourth-order valence-corrected chi connectivity index (χ4v) is 4.80. The molecule has 1 N–H and O–H groups in total. The van der Waals surface area contributed by atoms with Crippen molar-refractivity contribution in [1.29, 1.82) is 0 Å². The Morgan fingerprint density at radius 2 is 1.38 bits per heavy atom. The number of carbonyl (C=O) groups excluding carboxylic acids is 4. The molecule has 7 nitrogen and oxygen atoms in total. The van der Waals surface area contributed by atoms with Crippen LogP contribution in [0.15, 0.2) is 84.9 Å². The zero-order valence-electron chi connectivity index (χ0n) is 22.4. The van der Waals surface area contributed by atoms with Crippen molar-refractivity contribution in [2.75, 3.05) is 13.7 Å². The molecule has 0 saturated carbocycles. The average Bonchev–Trinajstić information content (AvgIpc) is 2.99. The molecule has 4 aromatic rings. The van der Waals surface area contributed by atoms with Gasteiger partial charge in [-0.2, -0.15) is 0 Å². The van der Waals surface area contributed by atoms with Crippen molar-refractivity contribution in [3.8, 4) is 0 Å². The van der Waals surface area contributed by atoms with Crippen LogP contribution in [-0.2, 0) is 33.7 Å². The molecule has 0 fully saturated rings. The second-order valence-electron chi connectivity index (χ2n) is 9.34. The van der Waals surface area contributed by atoms with Crippen molar-refractivity contribution in [2.24, 2.45) is 0 Å². The molecule has 0 aliphatic rings. The van der Waals surface area contributed by atoms with Crippen molar-refractivity contribution < 1.29 is 28.7 Å². The summed E-state index contributed by atoms with van der Waals surface area (Å²) in [6.45, 7) is 0.580. The topological polar surface area (TPSA) is 98.8 Å². The largest absolute Gasteiger partial charge is 0.465 e. The van der Waals surface area contributed by atoms with Crippen LogP contribution in [0.5, 0.6) is 0 Å². The first-order valence-electron chi connectivity index (χ1n) is 13.1. The highest BCUT2D eigenvalue weighted by Gasteiger charge is 2.24. The number of methoxy groups -OCH3 is 1. The Morgan fingerprint density at radius 3 is 2.02 bits per heavy atom. The van der Waals surface area contributed by atoms with Gasteiger partial charge in [0.1, 0.15) is 6.61 Å². The zero-order valence-corrected chi connectivity index (χ0v) is 22.4. The van der Waals surface area contributed by atoms with E-state index >= 15 is 0 Å². The highest BCUT2D eigenvalue weighted by molar-refractivity contribution is 6.20. The van der Waals surface area contributed by atoms with E-state index in [1.165, 1.54) is 13.2 Å². The summed E-state index contributed by atoms with van der Waals surface area (Å²) in [5, 5.41) is 3.64. The molecule has 4 rings (SSSR count). The SMILES string of the molecule is COC(=O)c1ccc(C(=O)NCCc2ccccc2)c2c(COC=O)ccc(C(=O)CCCc3ccccc3)c12. The lowest BCUT2D eigenvalue weighted by Gasteiger charge is -2.17.